The van der Waals surface area contributed by atoms with Crippen LogP contribution in [0.1, 0.15) is 52.4 Å². The van der Waals surface area contributed by atoms with Gasteiger partial charge in [-0.25, -0.2) is 18.6 Å². The van der Waals surface area contributed by atoms with Crippen molar-refractivity contribution in [3.05, 3.63) is 73.4 Å². The van der Waals surface area contributed by atoms with Crippen molar-refractivity contribution in [1.29, 1.82) is 0 Å². The highest BCUT2D eigenvalue weighted by Gasteiger charge is 2.48. The van der Waals surface area contributed by atoms with Crippen LogP contribution in [0.5, 0.6) is 5.75 Å². The molecule has 8 nitrogen and oxygen atoms in total. The van der Waals surface area contributed by atoms with E-state index in [0.717, 1.165) is 17.7 Å². The minimum atomic E-state index is -2.59. The first kappa shape index (κ1) is 29.7. The number of aryl methyl sites for hydroxylation is 3. The maximum absolute atomic E-state index is 13.6. The molecule has 1 fully saturated rings. The van der Waals surface area contributed by atoms with Gasteiger partial charge >= 0.3 is 5.97 Å². The van der Waals surface area contributed by atoms with Crippen LogP contribution in [0, 0.1) is 13.8 Å². The largest absolute Gasteiger partial charge is 0.491 e. The van der Waals surface area contributed by atoms with Gasteiger partial charge in [0.1, 0.15) is 18.2 Å². The summed E-state index contributed by atoms with van der Waals surface area (Å²) in [5.41, 5.74) is 3.99. The SMILES string of the molecule is Cc1cc(-c2cc(Cl)ccc2OCCn2c(C)nc3c(c2=O)CC(N(C)C2CC(F)(F)C2)CC3)c2scc(C(=O)O)c2n1. The number of thiophene rings is 1. The second kappa shape index (κ2) is 11.3. The highest BCUT2D eigenvalue weighted by Crippen LogP contribution is 2.42. The van der Waals surface area contributed by atoms with Crippen LogP contribution in [-0.4, -0.2) is 62.2 Å². The number of fused-ring (bicyclic) bond motifs is 2. The number of carbonyl (C=O) groups is 1. The summed E-state index contributed by atoms with van der Waals surface area (Å²) in [6.45, 7) is 4.04. The van der Waals surface area contributed by atoms with Gasteiger partial charge in [0.25, 0.3) is 11.5 Å². The first-order valence-corrected chi connectivity index (χ1v) is 15.4. The number of ether oxygens (including phenoxy) is 1. The molecule has 6 rings (SSSR count). The van der Waals surface area contributed by atoms with E-state index in [1.54, 1.807) is 42.0 Å². The van der Waals surface area contributed by atoms with Crippen LogP contribution >= 0.6 is 22.9 Å². The Morgan fingerprint density at radius 3 is 2.70 bits per heavy atom. The average Bonchev–Trinajstić information content (AvgIpc) is 3.37. The van der Waals surface area contributed by atoms with Gasteiger partial charge in [-0.3, -0.25) is 19.2 Å². The van der Waals surface area contributed by atoms with Crippen molar-refractivity contribution in [2.24, 2.45) is 0 Å². The van der Waals surface area contributed by atoms with Crippen LogP contribution in [0.15, 0.2) is 34.4 Å². The maximum atomic E-state index is 13.6. The summed E-state index contributed by atoms with van der Waals surface area (Å²) in [7, 11) is 1.88. The van der Waals surface area contributed by atoms with Gasteiger partial charge in [0.05, 0.1) is 28.0 Å². The lowest BCUT2D eigenvalue weighted by atomic mass is 9.83. The molecule has 12 heteroatoms. The molecule has 226 valence electrons. The average molecular weight is 629 g/mol. The van der Waals surface area contributed by atoms with Gasteiger partial charge in [-0.1, -0.05) is 11.6 Å². The summed E-state index contributed by atoms with van der Waals surface area (Å²) in [6.07, 6.45) is 1.64. The lowest BCUT2D eigenvalue weighted by molar-refractivity contribution is -0.127. The lowest BCUT2D eigenvalue weighted by Gasteiger charge is -2.45. The number of likely N-dealkylation sites (N-methyl/N-ethyl adjacent to an activating group) is 1. The predicted octanol–water partition coefficient (Wildman–Crippen LogP) is 6.15. The van der Waals surface area contributed by atoms with Crippen molar-refractivity contribution in [2.75, 3.05) is 13.7 Å². The number of pyridine rings is 1. The van der Waals surface area contributed by atoms with Crippen molar-refractivity contribution in [1.82, 2.24) is 19.4 Å². The van der Waals surface area contributed by atoms with Crippen LogP contribution in [0.25, 0.3) is 21.3 Å². The Labute approximate surface area is 255 Å². The normalized spacial score (nSPS) is 18.1. The standard InChI is InChI=1S/C31H31ClF2N4O4S/c1-16-10-22(28-27(35-16)24(15-43-28)30(40)41)21-11-18(32)4-7-26(21)42-9-8-38-17(2)36-25-6-5-19(12-23(25)29(38)39)37(3)20-13-31(33,34)14-20/h4,7,10-11,15,19-20H,5-6,8-9,12-14H2,1-3H3,(H,40,41). The van der Waals surface area contributed by atoms with Gasteiger partial charge in [-0.05, 0) is 64.4 Å². The third-order valence-electron chi connectivity index (χ3n) is 8.60. The van der Waals surface area contributed by atoms with E-state index < -0.39 is 11.9 Å². The molecule has 0 amide bonds. The number of carboxylic acids is 1. The molecule has 1 aromatic carbocycles. The fraction of sp³-hybridized carbons (Fsp3) is 0.419. The minimum absolute atomic E-state index is 0.0201. The molecule has 0 aliphatic heterocycles. The molecule has 3 aromatic heterocycles. The smallest absolute Gasteiger partial charge is 0.338 e. The quantitative estimate of drug-likeness (QED) is 0.250. The minimum Gasteiger partial charge on any atom is -0.491 e. The molecule has 0 saturated heterocycles. The first-order chi connectivity index (χ1) is 20.4. The van der Waals surface area contributed by atoms with Crippen molar-refractivity contribution in [3.8, 4) is 16.9 Å². The fourth-order valence-corrected chi connectivity index (χ4v) is 7.39. The molecule has 1 N–H and O–H groups in total. The zero-order valence-electron chi connectivity index (χ0n) is 24.0. The summed E-state index contributed by atoms with van der Waals surface area (Å²) in [5, 5.41) is 11.7. The molecule has 1 atom stereocenters. The van der Waals surface area contributed by atoms with E-state index >= 15 is 0 Å². The molecule has 1 saturated carbocycles. The van der Waals surface area contributed by atoms with E-state index in [1.165, 1.54) is 11.3 Å². The maximum Gasteiger partial charge on any atom is 0.338 e. The lowest BCUT2D eigenvalue weighted by Crippen LogP contribution is -2.54. The zero-order chi connectivity index (χ0) is 30.6. The second-order valence-electron chi connectivity index (χ2n) is 11.5. The van der Waals surface area contributed by atoms with Crippen LogP contribution in [0.4, 0.5) is 8.78 Å². The number of rotatable bonds is 8. The summed E-state index contributed by atoms with van der Waals surface area (Å²) in [4.78, 5) is 36.6. The van der Waals surface area contributed by atoms with Gasteiger partial charge in [-0.15, -0.1) is 11.3 Å². The number of carboxylic acid groups (broad SMARTS) is 1. The molecule has 1 unspecified atom stereocenters. The predicted molar refractivity (Wildman–Crippen MR) is 162 cm³/mol. The highest BCUT2D eigenvalue weighted by molar-refractivity contribution is 7.18. The van der Waals surface area contributed by atoms with Gasteiger partial charge in [0, 0.05) is 57.7 Å². The third-order valence-corrected chi connectivity index (χ3v) is 9.84. The van der Waals surface area contributed by atoms with Crippen molar-refractivity contribution < 1.29 is 23.4 Å². The Kier molecular flexibility index (Phi) is 7.76. The molecule has 2 aliphatic rings. The molecular weight excluding hydrogens is 598 g/mol. The van der Waals surface area contributed by atoms with Crippen LogP contribution in [0.2, 0.25) is 5.02 Å². The van der Waals surface area contributed by atoms with Gasteiger partial charge in [0.2, 0.25) is 0 Å². The number of halogens is 3. The molecule has 4 aromatic rings. The fourth-order valence-electron chi connectivity index (χ4n) is 6.21. The number of aromatic nitrogens is 3. The molecule has 3 heterocycles. The number of alkyl halides is 2. The zero-order valence-corrected chi connectivity index (χ0v) is 25.6. The third kappa shape index (κ3) is 5.65. The topological polar surface area (TPSA) is 97.6 Å². The van der Waals surface area contributed by atoms with E-state index in [0.29, 0.717) is 56.5 Å². The monoisotopic (exact) mass is 628 g/mol. The Hall–Kier alpha value is -3.41. The van der Waals surface area contributed by atoms with E-state index in [2.05, 4.69) is 4.98 Å². The number of hydrogen-bond acceptors (Lipinski definition) is 7. The van der Waals surface area contributed by atoms with Gasteiger partial charge < -0.3 is 9.84 Å². The number of aromatic carboxylic acids is 1. The van der Waals surface area contributed by atoms with Crippen LogP contribution < -0.4 is 10.3 Å². The molecular formula is C31H31ClF2N4O4S. The number of benzene rings is 1. The molecule has 0 bridgehead atoms. The second-order valence-corrected chi connectivity index (χ2v) is 12.8. The van der Waals surface area contributed by atoms with Gasteiger partial charge in [-0.2, -0.15) is 0 Å². The Morgan fingerprint density at radius 1 is 1.21 bits per heavy atom. The van der Waals surface area contributed by atoms with Crippen LogP contribution in [-0.2, 0) is 19.4 Å². The van der Waals surface area contributed by atoms with E-state index in [-0.39, 0.29) is 49.2 Å². The van der Waals surface area contributed by atoms with Crippen molar-refractivity contribution in [2.45, 2.75) is 70.5 Å². The Balaban J connectivity index is 1.23. The number of hydrogen-bond donors (Lipinski definition) is 1. The van der Waals surface area contributed by atoms with E-state index in [1.807, 2.05) is 18.0 Å². The van der Waals surface area contributed by atoms with Crippen molar-refractivity contribution in [3.63, 3.8) is 0 Å². The highest BCUT2D eigenvalue weighted by atomic mass is 35.5. The summed E-state index contributed by atoms with van der Waals surface area (Å²) < 4.78 is 35.5. The number of nitrogens with zero attached hydrogens (tertiary/aromatic N) is 4. The molecule has 0 spiro atoms. The molecule has 2 aliphatic carbocycles. The summed E-state index contributed by atoms with van der Waals surface area (Å²) >= 11 is 7.67. The Bertz CT molecular complexity index is 1800. The van der Waals surface area contributed by atoms with Crippen LogP contribution in [0.3, 0.4) is 0 Å². The summed E-state index contributed by atoms with van der Waals surface area (Å²) in [6, 6.07) is 6.98. The molecule has 0 radical (unpaired) electrons. The first-order valence-electron chi connectivity index (χ1n) is 14.2. The van der Waals surface area contributed by atoms with Crippen molar-refractivity contribution >= 4 is 39.1 Å². The molecule has 43 heavy (non-hydrogen) atoms. The summed E-state index contributed by atoms with van der Waals surface area (Å²) in [5.74, 6) is -2.49. The Morgan fingerprint density at radius 2 is 1.98 bits per heavy atom. The van der Waals surface area contributed by atoms with E-state index in [9.17, 15) is 23.5 Å². The van der Waals surface area contributed by atoms with E-state index in [4.69, 9.17) is 21.3 Å². The van der Waals surface area contributed by atoms with Gasteiger partial charge in [0.15, 0.2) is 0 Å².